The van der Waals surface area contributed by atoms with Crippen LogP contribution < -0.4 is 0 Å². The van der Waals surface area contributed by atoms with Crippen molar-refractivity contribution in [3.8, 4) is 0 Å². The second-order valence-electron chi connectivity index (χ2n) is 6.35. The molecule has 2 rings (SSSR count). The van der Waals surface area contributed by atoms with Gasteiger partial charge in [-0.2, -0.15) is 0 Å². The van der Waals surface area contributed by atoms with E-state index in [1.807, 2.05) is 13.8 Å². The van der Waals surface area contributed by atoms with Crippen LogP contribution in [-0.2, 0) is 4.79 Å². The van der Waals surface area contributed by atoms with E-state index in [9.17, 15) is 4.79 Å². The van der Waals surface area contributed by atoms with Crippen molar-refractivity contribution in [1.29, 1.82) is 0 Å². The van der Waals surface area contributed by atoms with Crippen molar-refractivity contribution in [3.05, 3.63) is 0 Å². The van der Waals surface area contributed by atoms with Gasteiger partial charge in [-0.05, 0) is 52.1 Å². The molecule has 1 amide bonds. The molecule has 2 fully saturated rings. The number of carbonyl (C=O) groups is 1. The number of rotatable bonds is 3. The van der Waals surface area contributed by atoms with Crippen molar-refractivity contribution in [2.75, 3.05) is 20.1 Å². The Morgan fingerprint density at radius 1 is 1.11 bits per heavy atom. The second-order valence-corrected chi connectivity index (χ2v) is 6.35. The highest BCUT2D eigenvalue weighted by atomic mass is 16.2. The van der Waals surface area contributed by atoms with Gasteiger partial charge in [0.2, 0.25) is 5.91 Å². The lowest BCUT2D eigenvalue weighted by Crippen LogP contribution is -2.47. The quantitative estimate of drug-likeness (QED) is 0.770. The maximum Gasteiger partial charge on any atom is 0.225 e. The van der Waals surface area contributed by atoms with Gasteiger partial charge >= 0.3 is 0 Å². The van der Waals surface area contributed by atoms with E-state index in [1.54, 1.807) is 0 Å². The van der Waals surface area contributed by atoms with E-state index in [-0.39, 0.29) is 5.92 Å². The van der Waals surface area contributed by atoms with Gasteiger partial charge in [-0.15, -0.1) is 0 Å². The zero-order chi connectivity index (χ0) is 13.1. The minimum absolute atomic E-state index is 0.145. The molecule has 1 unspecified atom stereocenters. The summed E-state index contributed by atoms with van der Waals surface area (Å²) in [6, 6.07) is 1.20. The third kappa shape index (κ3) is 3.05. The van der Waals surface area contributed by atoms with Gasteiger partial charge < -0.3 is 9.80 Å². The molecule has 0 aromatic heterocycles. The van der Waals surface area contributed by atoms with Crippen LogP contribution in [0.2, 0.25) is 0 Å². The van der Waals surface area contributed by atoms with Crippen molar-refractivity contribution in [2.24, 2.45) is 5.92 Å². The standard InChI is InChI=1S/C15H28N2O/c1-12(2)15(18)17-10-5-4-7-14(17)11-13-8-6-9-16(13)3/h12-14H,4-11H2,1-3H3/t13-,14?/m1/s1. The maximum absolute atomic E-state index is 12.3. The molecule has 0 aliphatic carbocycles. The van der Waals surface area contributed by atoms with Crippen LogP contribution >= 0.6 is 0 Å². The fourth-order valence-corrected chi connectivity index (χ4v) is 3.46. The number of amides is 1. The molecule has 2 aliphatic rings. The smallest absolute Gasteiger partial charge is 0.225 e. The summed E-state index contributed by atoms with van der Waals surface area (Å²) in [7, 11) is 2.23. The summed E-state index contributed by atoms with van der Waals surface area (Å²) in [6.07, 6.45) is 7.53. The molecule has 104 valence electrons. The summed E-state index contributed by atoms with van der Waals surface area (Å²) >= 11 is 0. The summed E-state index contributed by atoms with van der Waals surface area (Å²) in [4.78, 5) is 16.9. The van der Waals surface area contributed by atoms with Gasteiger partial charge in [0, 0.05) is 24.5 Å². The highest BCUT2D eigenvalue weighted by molar-refractivity contribution is 5.78. The first-order valence-electron chi connectivity index (χ1n) is 7.60. The van der Waals surface area contributed by atoms with Crippen molar-refractivity contribution >= 4 is 5.91 Å². The highest BCUT2D eigenvalue weighted by Gasteiger charge is 2.32. The molecular weight excluding hydrogens is 224 g/mol. The monoisotopic (exact) mass is 252 g/mol. The molecule has 2 heterocycles. The molecule has 3 nitrogen and oxygen atoms in total. The Bertz CT molecular complexity index is 290. The van der Waals surface area contributed by atoms with E-state index >= 15 is 0 Å². The van der Waals surface area contributed by atoms with E-state index in [2.05, 4.69) is 16.8 Å². The Morgan fingerprint density at radius 3 is 2.44 bits per heavy atom. The Morgan fingerprint density at radius 2 is 1.83 bits per heavy atom. The van der Waals surface area contributed by atoms with E-state index in [0.29, 0.717) is 18.0 Å². The molecule has 0 radical (unpaired) electrons. The molecule has 0 spiro atoms. The molecule has 0 bridgehead atoms. The van der Waals surface area contributed by atoms with Crippen LogP contribution in [0.4, 0.5) is 0 Å². The zero-order valence-electron chi connectivity index (χ0n) is 12.2. The normalized spacial score (nSPS) is 30.1. The fraction of sp³-hybridized carbons (Fsp3) is 0.933. The predicted octanol–water partition coefficient (Wildman–Crippen LogP) is 2.51. The van der Waals surface area contributed by atoms with Gasteiger partial charge in [0.1, 0.15) is 0 Å². The van der Waals surface area contributed by atoms with E-state index in [1.165, 1.54) is 45.1 Å². The number of nitrogens with zero attached hydrogens (tertiary/aromatic N) is 2. The van der Waals surface area contributed by atoms with Gasteiger partial charge in [0.25, 0.3) is 0 Å². The van der Waals surface area contributed by atoms with Gasteiger partial charge in [-0.25, -0.2) is 0 Å². The summed E-state index contributed by atoms with van der Waals surface area (Å²) in [6.45, 7) is 6.26. The first kappa shape index (κ1) is 13.9. The Kier molecular flexibility index (Phi) is 4.66. The fourth-order valence-electron chi connectivity index (χ4n) is 3.46. The van der Waals surface area contributed by atoms with Crippen molar-refractivity contribution in [2.45, 2.75) is 64.5 Å². The zero-order valence-corrected chi connectivity index (χ0v) is 12.2. The van der Waals surface area contributed by atoms with Crippen LogP contribution in [-0.4, -0.2) is 47.9 Å². The minimum Gasteiger partial charge on any atom is -0.339 e. The topological polar surface area (TPSA) is 23.6 Å². The molecule has 0 saturated carbocycles. The number of hydrogen-bond donors (Lipinski definition) is 0. The molecule has 2 atom stereocenters. The summed E-state index contributed by atoms with van der Waals surface area (Å²) in [5.74, 6) is 0.507. The van der Waals surface area contributed by atoms with Crippen LogP contribution in [0.1, 0.15) is 52.4 Å². The Labute approximate surface area is 112 Å². The van der Waals surface area contributed by atoms with Crippen molar-refractivity contribution < 1.29 is 4.79 Å². The van der Waals surface area contributed by atoms with E-state index in [4.69, 9.17) is 0 Å². The lowest BCUT2D eigenvalue weighted by molar-refractivity contribution is -0.138. The first-order chi connectivity index (χ1) is 8.59. The molecule has 0 aromatic rings. The minimum atomic E-state index is 0.145. The van der Waals surface area contributed by atoms with Gasteiger partial charge in [0.15, 0.2) is 0 Å². The molecule has 0 N–H and O–H groups in total. The maximum atomic E-state index is 12.3. The van der Waals surface area contributed by atoms with E-state index in [0.717, 1.165) is 6.54 Å². The van der Waals surface area contributed by atoms with Crippen LogP contribution in [0, 0.1) is 5.92 Å². The largest absolute Gasteiger partial charge is 0.339 e. The number of hydrogen-bond acceptors (Lipinski definition) is 2. The van der Waals surface area contributed by atoms with Gasteiger partial charge in [-0.3, -0.25) is 4.79 Å². The van der Waals surface area contributed by atoms with Crippen LogP contribution in [0.3, 0.4) is 0 Å². The SMILES string of the molecule is CC(C)C(=O)N1CCCCC1C[C@H]1CCCN1C. The highest BCUT2D eigenvalue weighted by Crippen LogP contribution is 2.27. The lowest BCUT2D eigenvalue weighted by Gasteiger charge is -2.39. The summed E-state index contributed by atoms with van der Waals surface area (Å²) in [5.41, 5.74) is 0. The Hall–Kier alpha value is -0.570. The second kappa shape index (κ2) is 6.05. The Balaban J connectivity index is 1.97. The molecular formula is C15H28N2O. The van der Waals surface area contributed by atoms with Crippen LogP contribution in [0.25, 0.3) is 0 Å². The summed E-state index contributed by atoms with van der Waals surface area (Å²) in [5, 5.41) is 0. The molecule has 2 aliphatic heterocycles. The van der Waals surface area contributed by atoms with E-state index < -0.39 is 0 Å². The average molecular weight is 252 g/mol. The van der Waals surface area contributed by atoms with Crippen LogP contribution in [0.15, 0.2) is 0 Å². The number of piperidine rings is 1. The third-order valence-electron chi connectivity index (χ3n) is 4.62. The lowest BCUT2D eigenvalue weighted by atomic mass is 9.93. The predicted molar refractivity (Wildman–Crippen MR) is 74.5 cm³/mol. The first-order valence-corrected chi connectivity index (χ1v) is 7.60. The van der Waals surface area contributed by atoms with Crippen LogP contribution in [0.5, 0.6) is 0 Å². The van der Waals surface area contributed by atoms with Gasteiger partial charge in [-0.1, -0.05) is 13.8 Å². The average Bonchev–Trinajstić information content (AvgIpc) is 2.75. The van der Waals surface area contributed by atoms with Crippen molar-refractivity contribution in [1.82, 2.24) is 9.80 Å². The summed E-state index contributed by atoms with van der Waals surface area (Å²) < 4.78 is 0. The number of carbonyl (C=O) groups excluding carboxylic acids is 1. The molecule has 0 aromatic carbocycles. The third-order valence-corrected chi connectivity index (χ3v) is 4.62. The molecule has 2 saturated heterocycles. The van der Waals surface area contributed by atoms with Gasteiger partial charge in [0.05, 0.1) is 0 Å². The number of likely N-dealkylation sites (tertiary alicyclic amines) is 2. The molecule has 18 heavy (non-hydrogen) atoms. The van der Waals surface area contributed by atoms with Crippen molar-refractivity contribution in [3.63, 3.8) is 0 Å². The molecule has 3 heteroatoms.